The summed E-state index contributed by atoms with van der Waals surface area (Å²) in [5.74, 6) is -0.401. The van der Waals surface area contributed by atoms with Crippen molar-refractivity contribution in [3.8, 4) is 0 Å². The van der Waals surface area contributed by atoms with Gasteiger partial charge in [-0.1, -0.05) is 33.1 Å². The lowest BCUT2D eigenvalue weighted by atomic mass is 9.43. The summed E-state index contributed by atoms with van der Waals surface area (Å²) in [6.45, 7) is 17.1. The Morgan fingerprint density at radius 2 is 1.85 bits per heavy atom. The number of amides is 1. The van der Waals surface area contributed by atoms with Crippen molar-refractivity contribution < 1.29 is 23.9 Å². The molecule has 1 aromatic rings. The summed E-state index contributed by atoms with van der Waals surface area (Å²) in [5, 5.41) is 13.1. The number of nitro groups is 1. The average Bonchev–Trinajstić information content (AvgIpc) is 3.36. The molecule has 1 heterocycles. The first-order chi connectivity index (χ1) is 21.7. The summed E-state index contributed by atoms with van der Waals surface area (Å²) < 4.78 is 13.3. The van der Waals surface area contributed by atoms with Crippen molar-refractivity contribution in [3.63, 3.8) is 0 Å². The van der Waals surface area contributed by atoms with E-state index in [0.29, 0.717) is 36.7 Å². The quantitative estimate of drug-likeness (QED) is 0.0453. The monoisotopic (exact) mass is 640 g/mol. The van der Waals surface area contributed by atoms with Crippen molar-refractivity contribution >= 4 is 30.5 Å². The van der Waals surface area contributed by atoms with Crippen molar-refractivity contribution in [2.24, 2.45) is 39.8 Å². The third-order valence-corrected chi connectivity index (χ3v) is 10.7. The molecule has 13 heteroatoms. The highest BCUT2D eigenvalue weighted by atomic mass is 16.7. The second-order valence-corrected chi connectivity index (χ2v) is 14.4. The molecule has 254 valence electrons. The molecular formula is C33H53BN6O6. The molecular weight excluding hydrogens is 587 g/mol. The average molecular weight is 641 g/mol. The molecule has 0 spiro atoms. The lowest BCUT2D eigenvalue weighted by Crippen LogP contribution is -2.65. The van der Waals surface area contributed by atoms with Crippen molar-refractivity contribution in [2.45, 2.75) is 105 Å². The Morgan fingerprint density at radius 3 is 2.43 bits per heavy atom. The van der Waals surface area contributed by atoms with Crippen LogP contribution in [0.25, 0.3) is 0 Å². The van der Waals surface area contributed by atoms with E-state index in [2.05, 4.69) is 63.7 Å². The number of rotatable bonds is 16. The highest BCUT2D eigenvalue weighted by Crippen LogP contribution is 2.65. The van der Waals surface area contributed by atoms with Crippen LogP contribution in [0.2, 0.25) is 0 Å². The number of hydrazine groups is 1. The van der Waals surface area contributed by atoms with Crippen LogP contribution in [-0.4, -0.2) is 67.1 Å². The second-order valence-electron chi connectivity index (χ2n) is 14.4. The first kappa shape index (κ1) is 35.7. The van der Waals surface area contributed by atoms with Gasteiger partial charge in [0.1, 0.15) is 0 Å². The molecule has 1 saturated heterocycles. The zero-order valence-corrected chi connectivity index (χ0v) is 28.6. The number of nitrogens with one attached hydrogen (secondary N) is 2. The van der Waals surface area contributed by atoms with Gasteiger partial charge in [0.2, 0.25) is 5.91 Å². The molecule has 3 aliphatic carbocycles. The third kappa shape index (κ3) is 7.85. The SMILES string of the molecule is CCN(CC)c1ccc(C(=O)C[C@@H](CCCN=C(N)N[N+](=O)[O-])C(=O)N[C@@H](CC(C)C)B2O[C@@H]3C[C@@H]4C[C@@H](C4(C)C)[C@]3(C)O2)cc1. The van der Waals surface area contributed by atoms with E-state index in [4.69, 9.17) is 15.0 Å². The number of benzene rings is 1. The van der Waals surface area contributed by atoms with E-state index in [1.165, 1.54) is 0 Å². The Bertz CT molecular complexity index is 1270. The van der Waals surface area contributed by atoms with Crippen LogP contribution in [-0.2, 0) is 14.1 Å². The van der Waals surface area contributed by atoms with Gasteiger partial charge in [0.25, 0.3) is 5.96 Å². The Morgan fingerprint density at radius 1 is 1.17 bits per heavy atom. The summed E-state index contributed by atoms with van der Waals surface area (Å²) in [6.07, 6.45) is 3.53. The van der Waals surface area contributed by atoms with Crippen LogP contribution >= 0.6 is 0 Å². The van der Waals surface area contributed by atoms with E-state index in [9.17, 15) is 19.7 Å². The minimum Gasteiger partial charge on any atom is -0.404 e. The Hall–Kier alpha value is -3.19. The molecule has 1 aliphatic heterocycles. The Labute approximate surface area is 273 Å². The standard InChI is InChI=1S/C33H53BN6O6/c1-8-39(9-2)25-14-12-22(13-15-25)26(41)18-23(11-10-16-36-31(35)38-40(43)44)30(42)37-29(17-21(3)4)34-45-28-20-24-19-27(32(24,5)6)33(28,7)46-34/h12-15,21,23-24,27-29H,8-11,16-20H2,1-7H3,(H,37,42)(H3,35,36,38)/t23-,24+,27+,28-,29+,33+/m1/s1. The van der Waals surface area contributed by atoms with E-state index in [-0.39, 0.29) is 54.0 Å². The van der Waals surface area contributed by atoms with Gasteiger partial charge in [-0.05, 0) is 100 Å². The molecule has 12 nitrogen and oxygen atoms in total. The number of hydrogen-bond acceptors (Lipinski definition) is 8. The number of guanidine groups is 1. The summed E-state index contributed by atoms with van der Waals surface area (Å²) in [4.78, 5) is 44.3. The predicted molar refractivity (Wildman–Crippen MR) is 180 cm³/mol. The molecule has 46 heavy (non-hydrogen) atoms. The van der Waals surface area contributed by atoms with Crippen molar-refractivity contribution in [2.75, 3.05) is 24.5 Å². The molecule has 0 unspecified atom stereocenters. The minimum absolute atomic E-state index is 0.00591. The molecule has 3 saturated carbocycles. The number of ketones is 1. The van der Waals surface area contributed by atoms with Crippen molar-refractivity contribution in [1.82, 2.24) is 10.7 Å². The van der Waals surface area contributed by atoms with E-state index >= 15 is 0 Å². The van der Waals surface area contributed by atoms with Crippen LogP contribution in [0.3, 0.4) is 0 Å². The zero-order valence-electron chi connectivity index (χ0n) is 28.6. The predicted octanol–water partition coefficient (Wildman–Crippen LogP) is 4.40. The molecule has 4 N–H and O–H groups in total. The van der Waals surface area contributed by atoms with Crippen molar-refractivity contribution in [3.05, 3.63) is 39.9 Å². The number of Topliss-reactive ketones (excluding diaryl/α,β-unsaturated/α-hetero) is 1. The molecule has 4 aliphatic rings. The molecule has 6 atom stereocenters. The van der Waals surface area contributed by atoms with Crippen LogP contribution in [0.4, 0.5) is 5.69 Å². The van der Waals surface area contributed by atoms with Gasteiger partial charge in [0, 0.05) is 43.2 Å². The van der Waals surface area contributed by atoms with Crippen LogP contribution < -0.4 is 21.4 Å². The van der Waals surface area contributed by atoms with Gasteiger partial charge < -0.3 is 25.3 Å². The van der Waals surface area contributed by atoms with Gasteiger partial charge in [-0.3, -0.25) is 9.59 Å². The maximum absolute atomic E-state index is 14.0. The van der Waals surface area contributed by atoms with Crippen molar-refractivity contribution in [1.29, 1.82) is 0 Å². The number of anilines is 1. The molecule has 0 radical (unpaired) electrons. The van der Waals surface area contributed by atoms with Crippen LogP contribution in [0, 0.1) is 39.2 Å². The van der Waals surface area contributed by atoms with E-state index in [1.54, 1.807) is 0 Å². The Kier molecular flexibility index (Phi) is 11.4. The fraction of sp³-hybridized carbons (Fsp3) is 0.727. The Balaban J connectivity index is 1.48. The highest BCUT2D eigenvalue weighted by Gasteiger charge is 2.68. The minimum atomic E-state index is -0.776. The maximum Gasteiger partial charge on any atom is 0.481 e. The normalized spacial score (nSPS) is 26.1. The number of hydrogen-bond donors (Lipinski definition) is 3. The van der Waals surface area contributed by atoms with Gasteiger partial charge in [0.15, 0.2) is 10.8 Å². The highest BCUT2D eigenvalue weighted by molar-refractivity contribution is 6.47. The zero-order chi connectivity index (χ0) is 33.8. The van der Waals surface area contributed by atoms with Gasteiger partial charge in [0.05, 0.1) is 17.6 Å². The largest absolute Gasteiger partial charge is 0.481 e. The van der Waals surface area contributed by atoms with Gasteiger partial charge in [-0.25, -0.2) is 15.1 Å². The van der Waals surface area contributed by atoms with E-state index < -0.39 is 23.7 Å². The van der Waals surface area contributed by atoms with E-state index in [0.717, 1.165) is 31.6 Å². The molecule has 1 amide bonds. The molecule has 4 fully saturated rings. The molecule has 0 aromatic heterocycles. The van der Waals surface area contributed by atoms with Crippen LogP contribution in [0.15, 0.2) is 29.3 Å². The third-order valence-electron chi connectivity index (χ3n) is 10.7. The lowest BCUT2D eigenvalue weighted by Gasteiger charge is -2.64. The maximum atomic E-state index is 14.0. The topological polar surface area (TPSA) is 161 Å². The van der Waals surface area contributed by atoms with Gasteiger partial charge in [-0.15, -0.1) is 0 Å². The number of aliphatic imine (C=N–C) groups is 1. The number of carbonyl (C=O) groups excluding carboxylic acids is 2. The number of carbonyl (C=O) groups is 2. The molecule has 1 aromatic carbocycles. The molecule has 2 bridgehead atoms. The first-order valence-electron chi connectivity index (χ1n) is 16.9. The first-order valence-corrected chi connectivity index (χ1v) is 16.9. The van der Waals surface area contributed by atoms with E-state index in [1.807, 2.05) is 29.7 Å². The lowest BCUT2D eigenvalue weighted by molar-refractivity contribution is -0.525. The number of nitrogens with two attached hydrogens (primary N) is 1. The van der Waals surface area contributed by atoms with Gasteiger partial charge in [-0.2, -0.15) is 0 Å². The molecule has 5 rings (SSSR count). The second kappa shape index (κ2) is 14.7. The fourth-order valence-electron chi connectivity index (χ4n) is 7.90. The summed E-state index contributed by atoms with van der Waals surface area (Å²) in [6, 6.07) is 7.51. The van der Waals surface area contributed by atoms with Gasteiger partial charge >= 0.3 is 7.12 Å². The number of nitrogens with zero attached hydrogens (tertiary/aromatic N) is 3. The summed E-state index contributed by atoms with van der Waals surface area (Å²) in [5.41, 5.74) is 8.78. The fourth-order valence-corrected chi connectivity index (χ4v) is 7.90. The van der Waals surface area contributed by atoms with Crippen LogP contribution in [0.5, 0.6) is 0 Å². The summed E-state index contributed by atoms with van der Waals surface area (Å²) >= 11 is 0. The summed E-state index contributed by atoms with van der Waals surface area (Å²) in [7, 11) is -0.571. The van der Waals surface area contributed by atoms with Crippen LogP contribution in [0.1, 0.15) is 97.3 Å². The smallest absolute Gasteiger partial charge is 0.404 e.